The molecule has 0 saturated carbocycles. The number of anilines is 1. The maximum Gasteiger partial charge on any atom is 0.322 e. The van der Waals surface area contributed by atoms with Gasteiger partial charge in [0.2, 0.25) is 0 Å². The molecule has 3 aromatic carbocycles. The number of nitrogens with one attached hydrogen (secondary N) is 2. The van der Waals surface area contributed by atoms with Gasteiger partial charge >= 0.3 is 6.03 Å². The Kier molecular flexibility index (Phi) is 7.46. The van der Waals surface area contributed by atoms with Gasteiger partial charge in [-0.05, 0) is 60.9 Å². The summed E-state index contributed by atoms with van der Waals surface area (Å²) in [7, 11) is 3.17. The number of methoxy groups -OCH3 is 2. The number of hydrogen-bond donors (Lipinski definition) is 2. The Morgan fingerprint density at radius 2 is 1.71 bits per heavy atom. The number of carbonyl (C=O) groups excluding carboxylic acids is 2. The van der Waals surface area contributed by atoms with Crippen molar-refractivity contribution in [2.75, 3.05) is 32.6 Å². The number of ether oxygens (including phenoxy) is 2. The van der Waals surface area contributed by atoms with Gasteiger partial charge in [-0.1, -0.05) is 41.4 Å². The Morgan fingerprint density at radius 1 is 1.03 bits per heavy atom. The average Bonchev–Trinajstić information content (AvgIpc) is 2.87. The highest BCUT2D eigenvalue weighted by Gasteiger charge is 2.33. The molecule has 1 heterocycles. The Hall–Kier alpha value is -3.71. The Labute approximate surface area is 210 Å². The molecule has 1 atom stereocenters. The molecule has 0 fully saturated rings. The van der Waals surface area contributed by atoms with Crippen LogP contribution in [0, 0.1) is 6.92 Å². The minimum Gasteiger partial charge on any atom is -0.493 e. The zero-order chi connectivity index (χ0) is 24.9. The Morgan fingerprint density at radius 3 is 2.40 bits per heavy atom. The normalized spacial score (nSPS) is 14.6. The monoisotopic (exact) mass is 493 g/mol. The molecule has 0 saturated heterocycles. The first-order chi connectivity index (χ1) is 16.9. The first kappa shape index (κ1) is 24.4. The second-order valence-electron chi connectivity index (χ2n) is 8.35. The van der Waals surface area contributed by atoms with Crippen molar-refractivity contribution in [1.82, 2.24) is 10.2 Å². The number of amides is 3. The fourth-order valence-corrected chi connectivity index (χ4v) is 4.48. The van der Waals surface area contributed by atoms with Crippen LogP contribution in [0.5, 0.6) is 11.5 Å². The molecule has 1 unspecified atom stereocenters. The van der Waals surface area contributed by atoms with Crippen molar-refractivity contribution in [1.29, 1.82) is 0 Å². The van der Waals surface area contributed by atoms with Gasteiger partial charge in [-0.2, -0.15) is 0 Å². The largest absolute Gasteiger partial charge is 0.493 e. The van der Waals surface area contributed by atoms with Gasteiger partial charge in [0.25, 0.3) is 5.91 Å². The van der Waals surface area contributed by atoms with Crippen LogP contribution in [0.4, 0.5) is 10.5 Å². The minimum atomic E-state index is -0.421. The molecule has 4 rings (SSSR count). The van der Waals surface area contributed by atoms with E-state index in [1.807, 2.05) is 43.3 Å². The van der Waals surface area contributed by atoms with Gasteiger partial charge in [0.05, 0.1) is 30.8 Å². The summed E-state index contributed by atoms with van der Waals surface area (Å²) < 4.78 is 11.0. The quantitative estimate of drug-likeness (QED) is 0.493. The summed E-state index contributed by atoms with van der Waals surface area (Å²) in [6.45, 7) is 2.67. The van der Waals surface area contributed by atoms with E-state index in [1.165, 1.54) is 0 Å². The van der Waals surface area contributed by atoms with Gasteiger partial charge in [-0.3, -0.25) is 4.79 Å². The number of benzene rings is 3. The number of aryl methyl sites for hydroxylation is 1. The third-order valence-electron chi connectivity index (χ3n) is 6.14. The summed E-state index contributed by atoms with van der Waals surface area (Å²) in [5.74, 6) is 0.888. The second-order valence-corrected chi connectivity index (χ2v) is 8.76. The molecule has 35 heavy (non-hydrogen) atoms. The number of carbonyl (C=O) groups is 2. The number of nitrogens with zero attached hydrogens (tertiary/aromatic N) is 1. The Balaban J connectivity index is 1.63. The highest BCUT2D eigenvalue weighted by molar-refractivity contribution is 6.33. The molecular weight excluding hydrogens is 466 g/mol. The molecule has 3 amide bonds. The van der Waals surface area contributed by atoms with Gasteiger partial charge < -0.3 is 25.0 Å². The smallest absolute Gasteiger partial charge is 0.322 e. The molecule has 7 nitrogen and oxygen atoms in total. The van der Waals surface area contributed by atoms with E-state index in [1.54, 1.807) is 43.4 Å². The van der Waals surface area contributed by atoms with Crippen LogP contribution in [-0.4, -0.2) is 44.1 Å². The number of rotatable bonds is 6. The third-order valence-corrected chi connectivity index (χ3v) is 6.47. The van der Waals surface area contributed by atoms with E-state index >= 15 is 0 Å². The molecular formula is C27H28ClN3O4. The molecule has 8 heteroatoms. The minimum absolute atomic E-state index is 0.202. The summed E-state index contributed by atoms with van der Waals surface area (Å²) in [6.07, 6.45) is 0.645. The molecule has 1 aliphatic rings. The number of hydrogen-bond acceptors (Lipinski definition) is 4. The summed E-state index contributed by atoms with van der Waals surface area (Å²) >= 11 is 6.21. The summed E-state index contributed by atoms with van der Waals surface area (Å²) in [5, 5.41) is 6.30. The lowest BCUT2D eigenvalue weighted by Crippen LogP contribution is -2.46. The standard InChI is InChI=1S/C27H28ClN3O4/c1-17-8-10-19(11-9-17)30-27(33)31-13-12-18-14-24(34-2)25(35-3)15-21(18)23(31)16-29-26(32)20-6-4-5-7-22(20)28/h4-11,14-15,23H,12-13,16H2,1-3H3,(H,29,32)(H,30,33). The van der Waals surface area contributed by atoms with Gasteiger partial charge in [-0.15, -0.1) is 0 Å². The van der Waals surface area contributed by atoms with Gasteiger partial charge in [0, 0.05) is 18.8 Å². The number of halogens is 1. The lowest BCUT2D eigenvalue weighted by Gasteiger charge is -2.38. The van der Waals surface area contributed by atoms with Crippen molar-refractivity contribution in [3.63, 3.8) is 0 Å². The van der Waals surface area contributed by atoms with E-state index in [-0.39, 0.29) is 18.5 Å². The average molecular weight is 494 g/mol. The Bertz CT molecular complexity index is 1230. The van der Waals surface area contributed by atoms with Crippen LogP contribution in [0.3, 0.4) is 0 Å². The number of urea groups is 1. The molecule has 3 aromatic rings. The van der Waals surface area contributed by atoms with E-state index in [0.717, 1.165) is 16.7 Å². The van der Waals surface area contributed by atoms with Crippen molar-refractivity contribution < 1.29 is 19.1 Å². The van der Waals surface area contributed by atoms with E-state index in [0.29, 0.717) is 40.7 Å². The van der Waals surface area contributed by atoms with Crippen molar-refractivity contribution in [3.8, 4) is 11.5 Å². The van der Waals surface area contributed by atoms with Crippen molar-refractivity contribution in [2.24, 2.45) is 0 Å². The lowest BCUT2D eigenvalue weighted by atomic mass is 9.91. The van der Waals surface area contributed by atoms with Crippen LogP contribution >= 0.6 is 11.6 Å². The molecule has 1 aliphatic heterocycles. The molecule has 0 aromatic heterocycles. The summed E-state index contributed by atoms with van der Waals surface area (Å²) in [6, 6.07) is 17.6. The van der Waals surface area contributed by atoms with E-state index in [2.05, 4.69) is 10.6 Å². The van der Waals surface area contributed by atoms with Gasteiger partial charge in [0.15, 0.2) is 11.5 Å². The first-order valence-electron chi connectivity index (χ1n) is 11.3. The van der Waals surface area contributed by atoms with Gasteiger partial charge in [-0.25, -0.2) is 4.79 Å². The van der Waals surface area contributed by atoms with Crippen LogP contribution in [0.1, 0.15) is 33.1 Å². The maximum absolute atomic E-state index is 13.3. The van der Waals surface area contributed by atoms with Crippen molar-refractivity contribution in [3.05, 3.63) is 87.9 Å². The molecule has 0 radical (unpaired) electrons. The maximum atomic E-state index is 13.3. The van der Waals surface area contributed by atoms with E-state index in [9.17, 15) is 9.59 Å². The van der Waals surface area contributed by atoms with Gasteiger partial charge in [0.1, 0.15) is 0 Å². The lowest BCUT2D eigenvalue weighted by molar-refractivity contribution is 0.0936. The first-order valence-corrected chi connectivity index (χ1v) is 11.7. The number of fused-ring (bicyclic) bond motifs is 1. The summed E-state index contributed by atoms with van der Waals surface area (Å²) in [4.78, 5) is 28.0. The predicted molar refractivity (Wildman–Crippen MR) is 137 cm³/mol. The zero-order valence-electron chi connectivity index (χ0n) is 19.9. The molecule has 2 N–H and O–H groups in total. The summed E-state index contributed by atoms with van der Waals surface area (Å²) in [5.41, 5.74) is 4.13. The van der Waals surface area contributed by atoms with Crippen LogP contribution < -0.4 is 20.1 Å². The second kappa shape index (κ2) is 10.7. The van der Waals surface area contributed by atoms with Crippen LogP contribution in [-0.2, 0) is 6.42 Å². The molecule has 0 bridgehead atoms. The molecule has 182 valence electrons. The zero-order valence-corrected chi connectivity index (χ0v) is 20.7. The predicted octanol–water partition coefficient (Wildman–Crippen LogP) is 5.23. The fourth-order valence-electron chi connectivity index (χ4n) is 4.25. The third kappa shape index (κ3) is 5.35. The van der Waals surface area contributed by atoms with Crippen LogP contribution in [0.2, 0.25) is 5.02 Å². The topological polar surface area (TPSA) is 79.9 Å². The van der Waals surface area contributed by atoms with Crippen LogP contribution in [0.15, 0.2) is 60.7 Å². The highest BCUT2D eigenvalue weighted by atomic mass is 35.5. The fraction of sp³-hybridized carbons (Fsp3) is 0.259. The van der Waals surface area contributed by atoms with E-state index in [4.69, 9.17) is 21.1 Å². The van der Waals surface area contributed by atoms with E-state index < -0.39 is 6.04 Å². The molecule has 0 aliphatic carbocycles. The van der Waals surface area contributed by atoms with Crippen LogP contribution in [0.25, 0.3) is 0 Å². The molecule has 0 spiro atoms. The SMILES string of the molecule is COc1cc2c(cc1OC)C(CNC(=O)c1ccccc1Cl)N(C(=O)Nc1ccc(C)cc1)CC2. The highest BCUT2D eigenvalue weighted by Crippen LogP contribution is 2.38. The van der Waals surface area contributed by atoms with Crippen molar-refractivity contribution >= 4 is 29.2 Å². The van der Waals surface area contributed by atoms with Crippen molar-refractivity contribution in [2.45, 2.75) is 19.4 Å².